The Kier molecular flexibility index (Phi) is 2.90. The molecule has 86 valence electrons. The molecule has 0 atom stereocenters. The number of hydrogen-bond donors (Lipinski definition) is 0. The van der Waals surface area contributed by atoms with Crippen molar-refractivity contribution in [3.8, 4) is 0 Å². The van der Waals surface area contributed by atoms with Gasteiger partial charge in [0.15, 0.2) is 0 Å². The molecule has 1 aromatic heterocycles. The Morgan fingerprint density at radius 3 is 2.56 bits per heavy atom. The minimum Gasteiger partial charge on any atom is -0.337 e. The molecule has 1 amide bonds. The maximum absolute atomic E-state index is 13.6. The van der Waals surface area contributed by atoms with Gasteiger partial charge < -0.3 is 4.90 Å². The van der Waals surface area contributed by atoms with Crippen molar-refractivity contribution in [2.45, 2.75) is 26.2 Å². The van der Waals surface area contributed by atoms with Gasteiger partial charge in [-0.1, -0.05) is 19.9 Å². The normalized spacial score (nSPS) is 15.1. The number of carbonyl (C=O) groups excluding carboxylic acids is 1. The number of amides is 1. The van der Waals surface area contributed by atoms with Crippen LogP contribution in [0.15, 0.2) is 12.1 Å². The smallest absolute Gasteiger partial charge is 0.272 e. The monoisotopic (exact) mass is 222 g/mol. The van der Waals surface area contributed by atoms with Crippen LogP contribution in [0.2, 0.25) is 0 Å². The SMILES string of the molecule is CC(C)c1ccc(C(=O)N2CCC2)nc1F. The first-order chi connectivity index (χ1) is 7.59. The van der Waals surface area contributed by atoms with Gasteiger partial charge in [-0.3, -0.25) is 4.79 Å². The van der Waals surface area contributed by atoms with Crippen molar-refractivity contribution < 1.29 is 9.18 Å². The van der Waals surface area contributed by atoms with Crippen molar-refractivity contribution >= 4 is 5.91 Å². The van der Waals surface area contributed by atoms with Crippen molar-refractivity contribution in [2.75, 3.05) is 13.1 Å². The molecule has 1 fully saturated rings. The van der Waals surface area contributed by atoms with Crippen LogP contribution in [-0.2, 0) is 0 Å². The van der Waals surface area contributed by atoms with Crippen LogP contribution in [0.25, 0.3) is 0 Å². The van der Waals surface area contributed by atoms with E-state index in [2.05, 4.69) is 4.98 Å². The fourth-order valence-corrected chi connectivity index (χ4v) is 1.68. The Hall–Kier alpha value is -1.45. The summed E-state index contributed by atoms with van der Waals surface area (Å²) in [6.45, 7) is 5.32. The molecule has 1 aliphatic rings. The minimum absolute atomic E-state index is 0.0839. The summed E-state index contributed by atoms with van der Waals surface area (Å²) in [5.41, 5.74) is 0.766. The van der Waals surface area contributed by atoms with E-state index in [0.29, 0.717) is 5.56 Å². The van der Waals surface area contributed by atoms with Crippen LogP contribution in [0.4, 0.5) is 4.39 Å². The number of rotatable bonds is 2. The molecule has 16 heavy (non-hydrogen) atoms. The summed E-state index contributed by atoms with van der Waals surface area (Å²) in [7, 11) is 0. The summed E-state index contributed by atoms with van der Waals surface area (Å²) >= 11 is 0. The highest BCUT2D eigenvalue weighted by atomic mass is 19.1. The Morgan fingerprint density at radius 1 is 1.44 bits per heavy atom. The second-order valence-electron chi connectivity index (χ2n) is 4.38. The molecule has 2 heterocycles. The van der Waals surface area contributed by atoms with Crippen molar-refractivity contribution in [1.29, 1.82) is 0 Å². The summed E-state index contributed by atoms with van der Waals surface area (Å²) in [6.07, 6.45) is 1.03. The lowest BCUT2D eigenvalue weighted by Gasteiger charge is -2.30. The molecule has 0 aliphatic carbocycles. The quantitative estimate of drug-likeness (QED) is 0.719. The first-order valence-electron chi connectivity index (χ1n) is 5.55. The maximum atomic E-state index is 13.6. The number of carbonyl (C=O) groups is 1. The molecule has 4 heteroatoms. The van der Waals surface area contributed by atoms with Crippen LogP contribution in [0, 0.1) is 5.95 Å². The van der Waals surface area contributed by atoms with Gasteiger partial charge in [0.1, 0.15) is 5.69 Å². The van der Waals surface area contributed by atoms with Gasteiger partial charge in [0, 0.05) is 18.7 Å². The molecule has 2 rings (SSSR count). The maximum Gasteiger partial charge on any atom is 0.272 e. The average molecular weight is 222 g/mol. The standard InChI is InChI=1S/C12H15FN2O/c1-8(2)9-4-5-10(14-11(9)13)12(16)15-6-3-7-15/h4-5,8H,3,6-7H2,1-2H3. The van der Waals surface area contributed by atoms with E-state index >= 15 is 0 Å². The molecule has 1 aliphatic heterocycles. The third-order valence-electron chi connectivity index (χ3n) is 2.86. The Balaban J connectivity index is 2.23. The summed E-state index contributed by atoms with van der Waals surface area (Å²) in [6, 6.07) is 3.26. The van der Waals surface area contributed by atoms with Gasteiger partial charge in [0.2, 0.25) is 5.95 Å². The number of nitrogens with zero attached hydrogens (tertiary/aromatic N) is 2. The highest BCUT2D eigenvalue weighted by Crippen LogP contribution is 2.18. The van der Waals surface area contributed by atoms with Crippen LogP contribution in [0.3, 0.4) is 0 Å². The molecule has 3 nitrogen and oxygen atoms in total. The van der Waals surface area contributed by atoms with E-state index in [4.69, 9.17) is 0 Å². The van der Waals surface area contributed by atoms with E-state index in [1.54, 1.807) is 17.0 Å². The molecular weight excluding hydrogens is 207 g/mol. The zero-order chi connectivity index (χ0) is 11.7. The molecule has 0 aromatic carbocycles. The molecule has 0 saturated carbocycles. The predicted molar refractivity (Wildman–Crippen MR) is 58.8 cm³/mol. The summed E-state index contributed by atoms with van der Waals surface area (Å²) in [4.78, 5) is 17.2. The lowest BCUT2D eigenvalue weighted by molar-refractivity contribution is 0.0644. The van der Waals surface area contributed by atoms with Crippen LogP contribution in [0.1, 0.15) is 42.2 Å². The molecular formula is C12H15FN2O. The number of pyridine rings is 1. The van der Waals surface area contributed by atoms with E-state index < -0.39 is 5.95 Å². The molecule has 0 N–H and O–H groups in total. The molecule has 0 spiro atoms. The highest BCUT2D eigenvalue weighted by Gasteiger charge is 2.23. The zero-order valence-corrected chi connectivity index (χ0v) is 9.53. The topological polar surface area (TPSA) is 33.2 Å². The molecule has 0 bridgehead atoms. The first kappa shape index (κ1) is 11.0. The van der Waals surface area contributed by atoms with E-state index in [-0.39, 0.29) is 17.5 Å². The van der Waals surface area contributed by atoms with Crippen LogP contribution in [0.5, 0.6) is 0 Å². The highest BCUT2D eigenvalue weighted by molar-refractivity contribution is 5.92. The lowest BCUT2D eigenvalue weighted by Crippen LogP contribution is -2.42. The van der Waals surface area contributed by atoms with E-state index in [0.717, 1.165) is 19.5 Å². The van der Waals surface area contributed by atoms with Gasteiger partial charge in [-0.25, -0.2) is 4.98 Å². The third kappa shape index (κ3) is 1.92. The van der Waals surface area contributed by atoms with Gasteiger partial charge in [-0.2, -0.15) is 4.39 Å². The van der Waals surface area contributed by atoms with Crippen LogP contribution < -0.4 is 0 Å². The van der Waals surface area contributed by atoms with Crippen molar-refractivity contribution in [1.82, 2.24) is 9.88 Å². The van der Waals surface area contributed by atoms with Crippen molar-refractivity contribution in [3.63, 3.8) is 0 Å². The Bertz CT molecular complexity index is 413. The minimum atomic E-state index is -0.527. The van der Waals surface area contributed by atoms with Gasteiger partial charge in [-0.15, -0.1) is 0 Å². The second kappa shape index (κ2) is 4.20. The Morgan fingerprint density at radius 2 is 2.12 bits per heavy atom. The van der Waals surface area contributed by atoms with Gasteiger partial charge >= 0.3 is 0 Å². The van der Waals surface area contributed by atoms with Gasteiger partial charge in [0.05, 0.1) is 0 Å². The zero-order valence-electron chi connectivity index (χ0n) is 9.53. The molecule has 1 aromatic rings. The van der Waals surface area contributed by atoms with Crippen LogP contribution in [-0.4, -0.2) is 28.9 Å². The largest absolute Gasteiger partial charge is 0.337 e. The molecule has 1 saturated heterocycles. The fraction of sp³-hybridized carbons (Fsp3) is 0.500. The predicted octanol–water partition coefficient (Wildman–Crippen LogP) is 2.19. The van der Waals surface area contributed by atoms with E-state index in [1.165, 1.54) is 0 Å². The summed E-state index contributed by atoms with van der Waals surface area (Å²) < 4.78 is 13.6. The van der Waals surface area contributed by atoms with E-state index in [9.17, 15) is 9.18 Å². The van der Waals surface area contributed by atoms with Gasteiger partial charge in [0.25, 0.3) is 5.91 Å². The number of aromatic nitrogens is 1. The number of likely N-dealkylation sites (tertiary alicyclic amines) is 1. The second-order valence-corrected chi connectivity index (χ2v) is 4.38. The summed E-state index contributed by atoms with van der Waals surface area (Å²) in [5, 5.41) is 0. The van der Waals surface area contributed by atoms with Crippen LogP contribution >= 0.6 is 0 Å². The molecule has 0 unspecified atom stereocenters. The average Bonchev–Trinajstić information content (AvgIpc) is 2.14. The number of hydrogen-bond acceptors (Lipinski definition) is 2. The van der Waals surface area contributed by atoms with Crippen molar-refractivity contribution in [3.05, 3.63) is 29.3 Å². The van der Waals surface area contributed by atoms with Crippen molar-refractivity contribution in [2.24, 2.45) is 0 Å². The third-order valence-corrected chi connectivity index (χ3v) is 2.86. The summed E-state index contributed by atoms with van der Waals surface area (Å²) in [5.74, 6) is -0.609. The lowest BCUT2D eigenvalue weighted by atomic mass is 10.0. The Labute approximate surface area is 94.3 Å². The molecule has 0 radical (unpaired) electrons. The van der Waals surface area contributed by atoms with Gasteiger partial charge in [-0.05, 0) is 18.4 Å². The fourth-order valence-electron chi connectivity index (χ4n) is 1.68. The number of halogens is 1. The first-order valence-corrected chi connectivity index (χ1v) is 5.55. The van der Waals surface area contributed by atoms with E-state index in [1.807, 2.05) is 13.8 Å².